The number of carbonyl (C=O) groups is 1. The summed E-state index contributed by atoms with van der Waals surface area (Å²) >= 11 is 6.74. The molecule has 2 aromatic rings. The molecule has 1 heterocycles. The highest BCUT2D eigenvalue weighted by Crippen LogP contribution is 2.37. The van der Waals surface area contributed by atoms with Gasteiger partial charge in [-0.25, -0.2) is 0 Å². The number of hydrogen-bond donors (Lipinski definition) is 0. The van der Waals surface area contributed by atoms with Crippen molar-refractivity contribution < 1.29 is 14.3 Å². The van der Waals surface area contributed by atoms with Crippen molar-refractivity contribution in [3.63, 3.8) is 0 Å². The first-order chi connectivity index (χ1) is 12.9. The highest BCUT2D eigenvalue weighted by Gasteiger charge is 2.33. The van der Waals surface area contributed by atoms with Crippen molar-refractivity contribution in [2.24, 2.45) is 0 Å². The van der Waals surface area contributed by atoms with Gasteiger partial charge in [-0.15, -0.1) is 0 Å². The summed E-state index contributed by atoms with van der Waals surface area (Å²) in [6.45, 7) is 5.91. The number of aryl methyl sites for hydroxylation is 1. The maximum atomic E-state index is 12.9. The molecule has 0 aromatic heterocycles. The SMILES string of the molecule is COc1cc(/C=C2\SC(=S)N(c3cccc(C)c3)C2=O)ccc1OC(C)C. The van der Waals surface area contributed by atoms with E-state index in [4.69, 9.17) is 21.7 Å². The number of ether oxygens (including phenoxy) is 2. The number of nitrogens with zero attached hydrogens (tertiary/aromatic N) is 1. The molecule has 1 fully saturated rings. The van der Waals surface area contributed by atoms with Gasteiger partial charge in [-0.1, -0.05) is 42.2 Å². The first-order valence-electron chi connectivity index (χ1n) is 8.58. The number of rotatable bonds is 5. The standard InChI is InChI=1S/C21H21NO3S2/c1-13(2)25-17-9-8-15(11-18(17)24-4)12-19-20(23)22(21(26)27-19)16-7-5-6-14(3)10-16/h5-13H,1-4H3/b19-12-. The van der Waals surface area contributed by atoms with Gasteiger partial charge in [0, 0.05) is 0 Å². The Balaban J connectivity index is 1.89. The minimum absolute atomic E-state index is 0.0512. The third-order valence-corrected chi connectivity index (χ3v) is 5.20. The Morgan fingerprint density at radius 2 is 1.93 bits per heavy atom. The van der Waals surface area contributed by atoms with Crippen LogP contribution < -0.4 is 14.4 Å². The van der Waals surface area contributed by atoms with Crippen LogP contribution in [0.3, 0.4) is 0 Å². The first-order valence-corrected chi connectivity index (χ1v) is 9.81. The van der Waals surface area contributed by atoms with Crippen molar-refractivity contribution in [3.8, 4) is 11.5 Å². The Kier molecular flexibility index (Phi) is 5.87. The summed E-state index contributed by atoms with van der Waals surface area (Å²) in [7, 11) is 1.60. The molecule has 1 amide bonds. The lowest BCUT2D eigenvalue weighted by atomic mass is 10.1. The van der Waals surface area contributed by atoms with Crippen LogP contribution in [0.2, 0.25) is 0 Å². The van der Waals surface area contributed by atoms with Crippen LogP contribution >= 0.6 is 24.0 Å². The van der Waals surface area contributed by atoms with Crippen LogP contribution in [0.1, 0.15) is 25.0 Å². The van der Waals surface area contributed by atoms with Gasteiger partial charge in [0.1, 0.15) is 0 Å². The number of carbonyl (C=O) groups excluding carboxylic acids is 1. The van der Waals surface area contributed by atoms with Gasteiger partial charge < -0.3 is 9.47 Å². The molecule has 3 rings (SSSR count). The van der Waals surface area contributed by atoms with Crippen molar-refractivity contribution in [3.05, 3.63) is 58.5 Å². The monoisotopic (exact) mass is 399 g/mol. The number of hydrogen-bond acceptors (Lipinski definition) is 5. The van der Waals surface area contributed by atoms with Crippen molar-refractivity contribution in [2.75, 3.05) is 12.0 Å². The Hall–Kier alpha value is -2.31. The topological polar surface area (TPSA) is 38.8 Å². The normalized spacial score (nSPS) is 15.7. The molecule has 1 aliphatic rings. The Bertz CT molecular complexity index is 921. The van der Waals surface area contributed by atoms with E-state index in [0.717, 1.165) is 16.8 Å². The van der Waals surface area contributed by atoms with Crippen LogP contribution in [0.25, 0.3) is 6.08 Å². The van der Waals surface area contributed by atoms with Gasteiger partial charge in [0.15, 0.2) is 15.8 Å². The second-order valence-electron chi connectivity index (χ2n) is 6.43. The van der Waals surface area contributed by atoms with E-state index in [0.29, 0.717) is 20.7 Å². The van der Waals surface area contributed by atoms with Crippen LogP contribution in [-0.4, -0.2) is 23.4 Å². The van der Waals surface area contributed by atoms with E-state index in [1.807, 2.05) is 69.3 Å². The third-order valence-electron chi connectivity index (χ3n) is 3.90. The van der Waals surface area contributed by atoms with E-state index in [2.05, 4.69) is 0 Å². The van der Waals surface area contributed by atoms with E-state index < -0.39 is 0 Å². The summed E-state index contributed by atoms with van der Waals surface area (Å²) in [4.78, 5) is 15.1. The highest BCUT2D eigenvalue weighted by atomic mass is 32.2. The van der Waals surface area contributed by atoms with Gasteiger partial charge >= 0.3 is 0 Å². The Morgan fingerprint density at radius 1 is 1.15 bits per heavy atom. The molecule has 0 unspecified atom stereocenters. The molecular formula is C21H21NO3S2. The molecule has 0 bridgehead atoms. The predicted molar refractivity (Wildman–Crippen MR) is 116 cm³/mol. The molecule has 27 heavy (non-hydrogen) atoms. The molecule has 0 saturated carbocycles. The van der Waals surface area contributed by atoms with Crippen LogP contribution in [-0.2, 0) is 4.79 Å². The fourth-order valence-corrected chi connectivity index (χ4v) is 4.03. The lowest BCUT2D eigenvalue weighted by Gasteiger charge is -2.15. The molecule has 4 nitrogen and oxygen atoms in total. The molecule has 6 heteroatoms. The molecule has 0 spiro atoms. The van der Waals surface area contributed by atoms with Crippen molar-refractivity contribution >= 4 is 46.0 Å². The lowest BCUT2D eigenvalue weighted by Crippen LogP contribution is -2.27. The van der Waals surface area contributed by atoms with Crippen LogP contribution in [0.5, 0.6) is 11.5 Å². The maximum absolute atomic E-state index is 12.9. The molecule has 0 atom stereocenters. The fraction of sp³-hybridized carbons (Fsp3) is 0.238. The summed E-state index contributed by atoms with van der Waals surface area (Å²) in [5.41, 5.74) is 2.72. The van der Waals surface area contributed by atoms with E-state index in [9.17, 15) is 4.79 Å². The van der Waals surface area contributed by atoms with Crippen molar-refractivity contribution in [1.29, 1.82) is 0 Å². The van der Waals surface area contributed by atoms with E-state index in [1.54, 1.807) is 12.0 Å². The largest absolute Gasteiger partial charge is 0.493 e. The number of anilines is 1. The van der Waals surface area contributed by atoms with Gasteiger partial charge in [0.05, 0.1) is 23.8 Å². The smallest absolute Gasteiger partial charge is 0.270 e. The summed E-state index contributed by atoms with van der Waals surface area (Å²) in [5, 5.41) is 0. The number of thiocarbonyl (C=S) groups is 1. The van der Waals surface area contributed by atoms with Crippen LogP contribution in [0.15, 0.2) is 47.4 Å². The minimum Gasteiger partial charge on any atom is -0.493 e. The number of thioether (sulfide) groups is 1. The van der Waals surface area contributed by atoms with Crippen LogP contribution in [0, 0.1) is 6.92 Å². The lowest BCUT2D eigenvalue weighted by molar-refractivity contribution is -0.113. The molecule has 2 aromatic carbocycles. The zero-order valence-electron chi connectivity index (χ0n) is 15.7. The van der Waals surface area contributed by atoms with Crippen molar-refractivity contribution in [1.82, 2.24) is 0 Å². The Labute approximate surface area is 169 Å². The van der Waals surface area contributed by atoms with E-state index >= 15 is 0 Å². The maximum Gasteiger partial charge on any atom is 0.270 e. The third kappa shape index (κ3) is 4.34. The summed E-state index contributed by atoms with van der Waals surface area (Å²) in [5.74, 6) is 1.20. The molecule has 1 aliphatic heterocycles. The van der Waals surface area contributed by atoms with Crippen LogP contribution in [0.4, 0.5) is 5.69 Å². The molecule has 0 radical (unpaired) electrons. The van der Waals surface area contributed by atoms with Gasteiger partial charge in [-0.3, -0.25) is 9.69 Å². The second-order valence-corrected chi connectivity index (χ2v) is 8.11. The van der Waals surface area contributed by atoms with E-state index in [-0.39, 0.29) is 12.0 Å². The zero-order chi connectivity index (χ0) is 19.6. The minimum atomic E-state index is -0.114. The average molecular weight is 400 g/mol. The van der Waals surface area contributed by atoms with Gasteiger partial charge in [0.2, 0.25) is 0 Å². The molecule has 0 aliphatic carbocycles. The number of amides is 1. The molecule has 0 N–H and O–H groups in total. The quantitative estimate of drug-likeness (QED) is 0.511. The summed E-state index contributed by atoms with van der Waals surface area (Å²) in [6, 6.07) is 13.4. The van der Waals surface area contributed by atoms with Crippen molar-refractivity contribution in [2.45, 2.75) is 26.9 Å². The van der Waals surface area contributed by atoms with E-state index in [1.165, 1.54) is 11.8 Å². The fourth-order valence-electron chi connectivity index (χ4n) is 2.73. The summed E-state index contributed by atoms with van der Waals surface area (Å²) in [6.07, 6.45) is 1.88. The number of benzene rings is 2. The Morgan fingerprint density at radius 3 is 2.59 bits per heavy atom. The zero-order valence-corrected chi connectivity index (χ0v) is 17.3. The average Bonchev–Trinajstić information content (AvgIpc) is 2.89. The first kappa shape index (κ1) is 19.5. The second kappa shape index (κ2) is 8.15. The van der Waals surface area contributed by atoms with Gasteiger partial charge in [-0.2, -0.15) is 0 Å². The van der Waals surface area contributed by atoms with Gasteiger partial charge in [-0.05, 0) is 62.2 Å². The molecule has 1 saturated heterocycles. The highest BCUT2D eigenvalue weighted by molar-refractivity contribution is 8.27. The summed E-state index contributed by atoms with van der Waals surface area (Å²) < 4.78 is 11.7. The van der Waals surface area contributed by atoms with Gasteiger partial charge in [0.25, 0.3) is 5.91 Å². The molecular weight excluding hydrogens is 378 g/mol. The number of methoxy groups -OCH3 is 1. The predicted octanol–water partition coefficient (Wildman–Crippen LogP) is 5.20. The molecule has 140 valence electrons.